The quantitative estimate of drug-likeness (QED) is 0.720. The Bertz CT molecular complexity index is 896. The summed E-state index contributed by atoms with van der Waals surface area (Å²) in [5.74, 6) is -0.878. The second-order valence-corrected chi connectivity index (χ2v) is 10.1. The molecule has 2 aromatic rings. The number of aryl methyl sites for hydroxylation is 1. The first kappa shape index (κ1) is 25.1. The summed E-state index contributed by atoms with van der Waals surface area (Å²) in [6.45, 7) is 15.6. The van der Waals surface area contributed by atoms with E-state index in [-0.39, 0.29) is 11.8 Å². The van der Waals surface area contributed by atoms with Crippen molar-refractivity contribution < 1.29 is 14.1 Å². The van der Waals surface area contributed by atoms with Crippen molar-refractivity contribution in [1.29, 1.82) is 0 Å². The molecule has 0 radical (unpaired) electrons. The van der Waals surface area contributed by atoms with Gasteiger partial charge in [0.25, 0.3) is 0 Å². The molecule has 1 aliphatic rings. The van der Waals surface area contributed by atoms with Crippen molar-refractivity contribution in [3.05, 3.63) is 59.2 Å². The molecule has 1 fully saturated rings. The number of carbonyl (C=O) groups is 1. The molecule has 170 valence electrons. The zero-order valence-corrected chi connectivity index (χ0v) is 20.5. The highest BCUT2D eigenvalue weighted by Crippen LogP contribution is 2.26. The van der Waals surface area contributed by atoms with Crippen LogP contribution in [0.2, 0.25) is 0 Å². The molecule has 1 saturated heterocycles. The normalized spacial score (nSPS) is 15.7. The largest absolute Gasteiger partial charge is 0.481 e. The van der Waals surface area contributed by atoms with Crippen molar-refractivity contribution in [2.45, 2.75) is 58.3 Å². The zero-order valence-electron chi connectivity index (χ0n) is 19.6. The van der Waals surface area contributed by atoms with Crippen molar-refractivity contribution in [3.63, 3.8) is 0 Å². The molecule has 1 unspecified atom stereocenters. The Kier molecular flexibility index (Phi) is 8.83. The Hall–Kier alpha value is -2.18. The Balaban J connectivity index is 0.00000166. The average Bonchev–Trinajstić information content (AvgIpc) is 2.75. The molecule has 3 rings (SSSR count). The van der Waals surface area contributed by atoms with Crippen molar-refractivity contribution >= 4 is 22.6 Å². The molecular formula is C25H36N2O3S. The number of aliphatic carboxylic acids is 1. The van der Waals surface area contributed by atoms with Crippen LogP contribution in [-0.4, -0.2) is 45.8 Å². The van der Waals surface area contributed by atoms with Crippen LogP contribution in [0, 0.1) is 6.92 Å². The lowest BCUT2D eigenvalue weighted by atomic mass is 9.87. The molecule has 2 aromatic carbocycles. The monoisotopic (exact) mass is 444 g/mol. The highest BCUT2D eigenvalue weighted by Gasteiger charge is 2.24. The number of hydrogen-bond donors (Lipinski definition) is 1. The minimum Gasteiger partial charge on any atom is -0.481 e. The molecule has 5 nitrogen and oxygen atoms in total. The van der Waals surface area contributed by atoms with E-state index in [9.17, 15) is 9.00 Å². The molecule has 1 N–H and O–H groups in total. The molecule has 1 heterocycles. The van der Waals surface area contributed by atoms with Gasteiger partial charge in [0.15, 0.2) is 0 Å². The van der Waals surface area contributed by atoms with Crippen LogP contribution in [-0.2, 0) is 27.6 Å². The van der Waals surface area contributed by atoms with E-state index < -0.39 is 17.0 Å². The molecule has 0 aliphatic carbocycles. The lowest BCUT2D eigenvalue weighted by Gasteiger charge is -2.35. The van der Waals surface area contributed by atoms with Crippen LogP contribution >= 0.6 is 0 Å². The molecule has 1 aliphatic heterocycles. The predicted octanol–water partition coefficient (Wildman–Crippen LogP) is 4.79. The van der Waals surface area contributed by atoms with Crippen LogP contribution < -0.4 is 4.90 Å². The Morgan fingerprint density at radius 3 is 2.10 bits per heavy atom. The summed E-state index contributed by atoms with van der Waals surface area (Å²) in [4.78, 5) is 14.0. The number of hydrogen-bond acceptors (Lipinski definition) is 3. The van der Waals surface area contributed by atoms with Crippen molar-refractivity contribution in [3.8, 4) is 0 Å². The van der Waals surface area contributed by atoms with Gasteiger partial charge in [-0.2, -0.15) is 0 Å². The van der Waals surface area contributed by atoms with Crippen LogP contribution in [0.25, 0.3) is 0 Å². The van der Waals surface area contributed by atoms with Gasteiger partial charge in [-0.3, -0.25) is 4.79 Å². The van der Waals surface area contributed by atoms with Gasteiger partial charge in [-0.15, -0.1) is 0 Å². The third-order valence-electron chi connectivity index (χ3n) is 5.37. The Morgan fingerprint density at radius 1 is 1.00 bits per heavy atom. The van der Waals surface area contributed by atoms with Crippen LogP contribution in [0.4, 0.5) is 5.69 Å². The molecule has 0 spiro atoms. The number of nitrogens with zero attached hydrogens (tertiary/aromatic N) is 2. The average molecular weight is 445 g/mol. The van der Waals surface area contributed by atoms with Crippen LogP contribution in [0.15, 0.2) is 47.4 Å². The Labute approximate surface area is 189 Å². The first-order valence-electron chi connectivity index (χ1n) is 11.0. The number of anilines is 1. The highest BCUT2D eigenvalue weighted by atomic mass is 32.2. The number of carboxylic acid groups (broad SMARTS) is 1. The molecule has 0 amide bonds. The molecule has 0 bridgehead atoms. The summed E-state index contributed by atoms with van der Waals surface area (Å²) < 4.78 is 15.1. The van der Waals surface area contributed by atoms with Crippen LogP contribution in [0.3, 0.4) is 0 Å². The first-order valence-corrected chi connectivity index (χ1v) is 12.1. The van der Waals surface area contributed by atoms with Gasteiger partial charge in [0, 0.05) is 31.9 Å². The minimum absolute atomic E-state index is 0.0528. The molecular weight excluding hydrogens is 408 g/mol. The summed E-state index contributed by atoms with van der Waals surface area (Å²) in [6, 6.07) is 14.2. The summed E-state index contributed by atoms with van der Waals surface area (Å²) in [7, 11) is -1.28. The number of benzene rings is 2. The summed E-state index contributed by atoms with van der Waals surface area (Å²) in [6.07, 6.45) is -0.0528. The minimum atomic E-state index is -1.28. The molecule has 1 atom stereocenters. The van der Waals surface area contributed by atoms with Gasteiger partial charge in [0.2, 0.25) is 0 Å². The van der Waals surface area contributed by atoms with Gasteiger partial charge in [-0.05, 0) is 47.2 Å². The zero-order chi connectivity index (χ0) is 23.2. The number of carboxylic acids is 1. The fourth-order valence-electron chi connectivity index (χ4n) is 3.54. The van der Waals surface area contributed by atoms with Gasteiger partial charge in [-0.1, -0.05) is 58.9 Å². The van der Waals surface area contributed by atoms with E-state index in [1.807, 2.05) is 31.1 Å². The van der Waals surface area contributed by atoms with E-state index >= 15 is 0 Å². The smallest absolute Gasteiger partial charge is 0.307 e. The van der Waals surface area contributed by atoms with E-state index in [2.05, 4.69) is 49.9 Å². The van der Waals surface area contributed by atoms with Crippen molar-refractivity contribution in [1.82, 2.24) is 4.31 Å². The second kappa shape index (κ2) is 10.9. The number of piperazine rings is 1. The topological polar surface area (TPSA) is 60.9 Å². The molecule has 31 heavy (non-hydrogen) atoms. The highest BCUT2D eigenvalue weighted by molar-refractivity contribution is 7.82. The van der Waals surface area contributed by atoms with Gasteiger partial charge >= 0.3 is 5.97 Å². The van der Waals surface area contributed by atoms with Gasteiger partial charge in [0.1, 0.15) is 11.0 Å². The van der Waals surface area contributed by atoms with E-state index in [0.29, 0.717) is 23.5 Å². The number of rotatable bonds is 5. The van der Waals surface area contributed by atoms with E-state index in [0.717, 1.165) is 18.7 Å². The third kappa shape index (κ3) is 6.65. The van der Waals surface area contributed by atoms with Gasteiger partial charge in [0.05, 0.1) is 11.3 Å². The summed E-state index contributed by atoms with van der Waals surface area (Å²) in [5.41, 5.74) is 4.27. The lowest BCUT2D eigenvalue weighted by molar-refractivity contribution is -0.136. The standard InChI is InChI=1S/C23H30N2O3S.C2H6/c1-17-5-6-18(16-22(26)27)15-21(17)29(28)25-13-11-24(12-14-25)20-9-7-19(8-10-20)23(2,3)4;1-2/h5-10,15H,11-14,16H2,1-4H3,(H,26,27);1-2H3. The maximum absolute atomic E-state index is 13.1. The predicted molar refractivity (Wildman–Crippen MR) is 129 cm³/mol. The molecule has 6 heteroatoms. The second-order valence-electron chi connectivity index (χ2n) is 8.63. The third-order valence-corrected chi connectivity index (χ3v) is 7.02. The fraction of sp³-hybridized carbons (Fsp3) is 0.480. The summed E-state index contributed by atoms with van der Waals surface area (Å²) in [5, 5.41) is 9.02. The first-order chi connectivity index (χ1) is 14.6. The van der Waals surface area contributed by atoms with Crippen LogP contribution in [0.1, 0.15) is 51.3 Å². The summed E-state index contributed by atoms with van der Waals surface area (Å²) >= 11 is 0. The maximum Gasteiger partial charge on any atom is 0.307 e. The van der Waals surface area contributed by atoms with Crippen LogP contribution in [0.5, 0.6) is 0 Å². The molecule has 0 saturated carbocycles. The Morgan fingerprint density at radius 2 is 1.58 bits per heavy atom. The fourth-order valence-corrected chi connectivity index (χ4v) is 4.91. The molecule has 0 aromatic heterocycles. The lowest BCUT2D eigenvalue weighted by Crippen LogP contribution is -2.47. The maximum atomic E-state index is 13.1. The van der Waals surface area contributed by atoms with Gasteiger partial charge < -0.3 is 10.0 Å². The van der Waals surface area contributed by atoms with Crippen molar-refractivity contribution in [2.24, 2.45) is 0 Å². The van der Waals surface area contributed by atoms with Crippen molar-refractivity contribution in [2.75, 3.05) is 31.1 Å². The van der Waals surface area contributed by atoms with E-state index in [1.54, 1.807) is 12.1 Å². The van der Waals surface area contributed by atoms with Gasteiger partial charge in [-0.25, -0.2) is 8.51 Å². The van der Waals surface area contributed by atoms with E-state index in [1.165, 1.54) is 11.3 Å². The SMILES string of the molecule is CC.Cc1ccc(CC(=O)O)cc1S(=O)N1CCN(c2ccc(C(C)(C)C)cc2)CC1. The van der Waals surface area contributed by atoms with E-state index in [4.69, 9.17) is 5.11 Å².